The van der Waals surface area contributed by atoms with Gasteiger partial charge in [-0.05, 0) is 71.4 Å². The minimum Gasteiger partial charge on any atom is -0.469 e. The highest BCUT2D eigenvalue weighted by atomic mass is 16.6. The van der Waals surface area contributed by atoms with Crippen molar-refractivity contribution in [2.45, 2.75) is 59.5 Å². The molecule has 2 aliphatic rings. The Morgan fingerprint density at radius 2 is 1.75 bits per heavy atom. The van der Waals surface area contributed by atoms with Gasteiger partial charge in [-0.3, -0.25) is 14.4 Å². The lowest BCUT2D eigenvalue weighted by Gasteiger charge is -2.34. The summed E-state index contributed by atoms with van der Waals surface area (Å²) >= 11 is 0. The van der Waals surface area contributed by atoms with E-state index in [0.717, 1.165) is 19.3 Å². The number of piperidine rings is 1. The first-order valence-corrected chi connectivity index (χ1v) is 12.4. The second kappa shape index (κ2) is 11.8. The molecule has 0 spiro atoms. The van der Waals surface area contributed by atoms with Crippen molar-refractivity contribution in [1.82, 2.24) is 15.1 Å². The van der Waals surface area contributed by atoms with E-state index in [1.807, 2.05) is 20.8 Å². The molecule has 2 rings (SSSR count). The van der Waals surface area contributed by atoms with Crippen molar-refractivity contribution in [3.05, 3.63) is 36.0 Å². The number of hydrogen-bond donors (Lipinski definition) is 1. The zero-order valence-corrected chi connectivity index (χ0v) is 22.6. The molecule has 9 nitrogen and oxygen atoms in total. The predicted octanol–water partition coefficient (Wildman–Crippen LogP) is 3.22. The smallest absolute Gasteiger partial charge is 0.410 e. The first kappa shape index (κ1) is 29.1. The fourth-order valence-electron chi connectivity index (χ4n) is 4.13. The molecule has 0 aliphatic carbocycles. The van der Waals surface area contributed by atoms with E-state index in [0.29, 0.717) is 43.2 Å². The minimum absolute atomic E-state index is 0.0778. The maximum absolute atomic E-state index is 13.0. The molecule has 2 heterocycles. The summed E-state index contributed by atoms with van der Waals surface area (Å²) in [5.74, 6) is -0.653. The van der Waals surface area contributed by atoms with E-state index in [9.17, 15) is 19.2 Å². The molecule has 0 bridgehead atoms. The summed E-state index contributed by atoms with van der Waals surface area (Å²) in [6.45, 7) is 19.0. The molecule has 1 N–H and O–H groups in total. The van der Waals surface area contributed by atoms with Gasteiger partial charge in [0.2, 0.25) is 0 Å². The van der Waals surface area contributed by atoms with E-state index in [4.69, 9.17) is 9.47 Å². The van der Waals surface area contributed by atoms with Gasteiger partial charge in [0.05, 0.1) is 12.5 Å². The molecule has 9 heteroatoms. The molecule has 2 aliphatic heterocycles. The van der Waals surface area contributed by atoms with Gasteiger partial charge in [-0.1, -0.05) is 13.2 Å². The maximum Gasteiger partial charge on any atom is 0.410 e. The predicted molar refractivity (Wildman–Crippen MR) is 137 cm³/mol. The summed E-state index contributed by atoms with van der Waals surface area (Å²) in [6.07, 6.45) is 3.75. The summed E-state index contributed by atoms with van der Waals surface area (Å²) < 4.78 is 10.2. The molecule has 0 unspecified atom stereocenters. The van der Waals surface area contributed by atoms with Crippen molar-refractivity contribution < 1.29 is 28.7 Å². The van der Waals surface area contributed by atoms with E-state index in [1.165, 1.54) is 13.2 Å². The van der Waals surface area contributed by atoms with Gasteiger partial charge in [0.15, 0.2) is 0 Å². The van der Waals surface area contributed by atoms with Crippen molar-refractivity contribution in [2.24, 2.45) is 11.3 Å². The molecular weight excluding hydrogens is 462 g/mol. The highest BCUT2D eigenvalue weighted by molar-refractivity contribution is 6.05. The van der Waals surface area contributed by atoms with E-state index in [2.05, 4.69) is 18.5 Å². The number of rotatable bonds is 8. The Hall–Kier alpha value is -3.10. The van der Waals surface area contributed by atoms with Gasteiger partial charge in [-0.2, -0.15) is 0 Å². The topological polar surface area (TPSA) is 105 Å². The summed E-state index contributed by atoms with van der Waals surface area (Å²) in [6, 6.07) is 0. The number of ether oxygens (including phenoxy) is 2. The van der Waals surface area contributed by atoms with Crippen LogP contribution in [-0.2, 0) is 23.9 Å². The van der Waals surface area contributed by atoms with Crippen molar-refractivity contribution >= 4 is 23.9 Å². The average molecular weight is 504 g/mol. The Labute approximate surface area is 214 Å². The van der Waals surface area contributed by atoms with Crippen molar-refractivity contribution in [1.29, 1.82) is 0 Å². The molecule has 0 saturated carbocycles. The molecule has 0 radical (unpaired) electrons. The van der Waals surface area contributed by atoms with E-state index in [1.54, 1.807) is 23.6 Å². The Kier molecular flexibility index (Phi) is 9.51. The first-order chi connectivity index (χ1) is 16.6. The van der Waals surface area contributed by atoms with Crippen LogP contribution in [0.15, 0.2) is 36.0 Å². The van der Waals surface area contributed by atoms with Crippen LogP contribution >= 0.6 is 0 Å². The number of nitrogens with one attached hydrogen (secondary N) is 1. The van der Waals surface area contributed by atoms with Crippen LogP contribution < -0.4 is 5.32 Å². The maximum atomic E-state index is 13.0. The van der Waals surface area contributed by atoms with Gasteiger partial charge >= 0.3 is 12.1 Å². The number of carbonyl (C=O) groups excluding carboxylic acids is 4. The van der Waals surface area contributed by atoms with Crippen LogP contribution in [-0.4, -0.2) is 79.1 Å². The Morgan fingerprint density at radius 3 is 2.31 bits per heavy atom. The van der Waals surface area contributed by atoms with Crippen LogP contribution in [0.3, 0.4) is 0 Å². The van der Waals surface area contributed by atoms with Gasteiger partial charge in [0.25, 0.3) is 11.8 Å². The van der Waals surface area contributed by atoms with Gasteiger partial charge < -0.3 is 24.6 Å². The van der Waals surface area contributed by atoms with Crippen molar-refractivity contribution in [3.63, 3.8) is 0 Å². The zero-order chi connectivity index (χ0) is 27.3. The molecule has 2 fully saturated rings. The van der Waals surface area contributed by atoms with Gasteiger partial charge in [0, 0.05) is 43.9 Å². The van der Waals surface area contributed by atoms with Crippen molar-refractivity contribution in [3.8, 4) is 0 Å². The molecule has 0 aromatic rings. The number of amides is 3. The third-order valence-electron chi connectivity index (χ3n) is 6.39. The number of hydrogen-bond acceptors (Lipinski definition) is 6. The SMILES string of the molecule is C=C(/C=C1\C(=C)CN(CCC2CCN(C(=O)OC(C)(C)C)CC2)C1=O)C(=O)NCC(C)(C)C(=O)OC. The van der Waals surface area contributed by atoms with E-state index >= 15 is 0 Å². The van der Waals surface area contributed by atoms with Gasteiger partial charge in [0.1, 0.15) is 5.60 Å². The van der Waals surface area contributed by atoms with E-state index in [-0.39, 0.29) is 24.1 Å². The Bertz CT molecular complexity index is 936. The third kappa shape index (κ3) is 7.96. The quantitative estimate of drug-likeness (QED) is 0.403. The number of nitrogens with zero attached hydrogens (tertiary/aromatic N) is 2. The summed E-state index contributed by atoms with van der Waals surface area (Å²) in [5, 5.41) is 2.67. The standard InChI is InChI=1S/C27H41N3O6/c1-18(22(31)28-17-27(6,7)24(33)35-8)15-21-19(2)16-30(23(21)32)14-11-20-9-12-29(13-10-20)25(34)36-26(3,4)5/h15,20H,1-2,9-14,16-17H2,3-8H3,(H,28,31)/b21-15+. The lowest BCUT2D eigenvalue weighted by Crippen LogP contribution is -2.42. The highest BCUT2D eigenvalue weighted by Crippen LogP contribution is 2.27. The second-order valence-electron chi connectivity index (χ2n) is 11.2. The van der Waals surface area contributed by atoms with Crippen molar-refractivity contribution in [2.75, 3.05) is 39.8 Å². The number of methoxy groups -OCH3 is 1. The molecule has 36 heavy (non-hydrogen) atoms. The first-order valence-electron chi connectivity index (χ1n) is 12.4. The Balaban J connectivity index is 1.85. The molecule has 0 aromatic heterocycles. The highest BCUT2D eigenvalue weighted by Gasteiger charge is 2.32. The van der Waals surface area contributed by atoms with Crippen LogP contribution in [0.2, 0.25) is 0 Å². The monoisotopic (exact) mass is 503 g/mol. The normalized spacial score (nSPS) is 18.4. The number of likely N-dealkylation sites (tertiary alicyclic amines) is 2. The second-order valence-corrected chi connectivity index (χ2v) is 11.2. The van der Waals surface area contributed by atoms with E-state index < -0.39 is 22.9 Å². The van der Waals surface area contributed by atoms with Crippen LogP contribution in [0.4, 0.5) is 4.79 Å². The Morgan fingerprint density at radius 1 is 1.14 bits per heavy atom. The fraction of sp³-hybridized carbons (Fsp3) is 0.630. The molecule has 0 aromatic carbocycles. The third-order valence-corrected chi connectivity index (χ3v) is 6.39. The fourth-order valence-corrected chi connectivity index (χ4v) is 4.13. The minimum atomic E-state index is -0.884. The zero-order valence-electron chi connectivity index (χ0n) is 22.6. The summed E-state index contributed by atoms with van der Waals surface area (Å²) in [4.78, 5) is 53.0. The molecule has 2 saturated heterocycles. The van der Waals surface area contributed by atoms with Gasteiger partial charge in [-0.15, -0.1) is 0 Å². The number of carbonyl (C=O) groups is 4. The van der Waals surface area contributed by atoms with Crippen LogP contribution in [0.5, 0.6) is 0 Å². The average Bonchev–Trinajstić information content (AvgIpc) is 3.07. The molecule has 3 amide bonds. The summed E-state index contributed by atoms with van der Waals surface area (Å²) in [7, 11) is 1.30. The lowest BCUT2D eigenvalue weighted by atomic mass is 9.93. The molecule has 0 atom stereocenters. The van der Waals surface area contributed by atoms with Crippen LogP contribution in [0, 0.1) is 11.3 Å². The van der Waals surface area contributed by atoms with Crippen LogP contribution in [0.25, 0.3) is 0 Å². The molecular formula is C27H41N3O6. The van der Waals surface area contributed by atoms with Crippen LogP contribution in [0.1, 0.15) is 53.9 Å². The number of esters is 1. The van der Waals surface area contributed by atoms with Gasteiger partial charge in [-0.25, -0.2) is 4.79 Å². The largest absolute Gasteiger partial charge is 0.469 e. The molecule has 200 valence electrons. The lowest BCUT2D eigenvalue weighted by molar-refractivity contribution is -0.150. The summed E-state index contributed by atoms with van der Waals surface area (Å²) in [5.41, 5.74) is -0.254.